The van der Waals surface area contributed by atoms with Gasteiger partial charge in [-0.05, 0) is 18.1 Å². The lowest BCUT2D eigenvalue weighted by atomic mass is 10.1. The van der Waals surface area contributed by atoms with E-state index in [4.69, 9.17) is 9.84 Å². The standard InChI is InChI=1S/C12H16N2O4/c1-8(6-10(15)16)7-14-11(17)9-4-3-5-13-12(9)18-2/h3-5,8H,6-7H2,1-2H3,(H,14,17)(H,15,16). The predicted octanol–water partition coefficient (Wildman–Crippen LogP) is 0.931. The van der Waals surface area contributed by atoms with E-state index in [0.717, 1.165) is 0 Å². The first kappa shape index (κ1) is 14.0. The predicted molar refractivity (Wildman–Crippen MR) is 64.5 cm³/mol. The minimum Gasteiger partial charge on any atom is -0.481 e. The Morgan fingerprint density at radius 3 is 2.89 bits per heavy atom. The fourth-order valence-corrected chi connectivity index (χ4v) is 1.46. The number of pyridine rings is 1. The molecule has 0 spiro atoms. The summed E-state index contributed by atoms with van der Waals surface area (Å²) in [5, 5.41) is 11.3. The molecule has 1 heterocycles. The number of carboxylic acids is 1. The van der Waals surface area contributed by atoms with Gasteiger partial charge in [-0.1, -0.05) is 6.92 Å². The molecule has 98 valence electrons. The molecule has 1 rings (SSSR count). The molecule has 0 saturated heterocycles. The van der Waals surface area contributed by atoms with Gasteiger partial charge in [-0.25, -0.2) is 4.98 Å². The Morgan fingerprint density at radius 2 is 2.28 bits per heavy atom. The maximum Gasteiger partial charge on any atom is 0.303 e. The molecular formula is C12H16N2O4. The van der Waals surface area contributed by atoms with E-state index in [1.807, 2.05) is 0 Å². The highest BCUT2D eigenvalue weighted by molar-refractivity contribution is 5.96. The smallest absolute Gasteiger partial charge is 0.303 e. The van der Waals surface area contributed by atoms with Crippen molar-refractivity contribution in [3.05, 3.63) is 23.9 Å². The molecule has 2 N–H and O–H groups in total. The van der Waals surface area contributed by atoms with Crippen LogP contribution in [0, 0.1) is 5.92 Å². The van der Waals surface area contributed by atoms with Gasteiger partial charge < -0.3 is 15.2 Å². The van der Waals surface area contributed by atoms with Gasteiger partial charge in [-0.15, -0.1) is 0 Å². The van der Waals surface area contributed by atoms with Crippen molar-refractivity contribution in [3.8, 4) is 5.88 Å². The second-order valence-corrected chi connectivity index (χ2v) is 3.97. The molecule has 0 aliphatic rings. The second kappa shape index (κ2) is 6.58. The average molecular weight is 252 g/mol. The quantitative estimate of drug-likeness (QED) is 0.786. The van der Waals surface area contributed by atoms with Crippen molar-refractivity contribution in [2.45, 2.75) is 13.3 Å². The number of nitrogens with zero attached hydrogens (tertiary/aromatic N) is 1. The van der Waals surface area contributed by atoms with E-state index in [-0.39, 0.29) is 24.1 Å². The highest BCUT2D eigenvalue weighted by Gasteiger charge is 2.14. The van der Waals surface area contributed by atoms with E-state index in [2.05, 4.69) is 10.3 Å². The molecule has 1 aromatic heterocycles. The molecule has 1 amide bonds. The number of amides is 1. The maximum absolute atomic E-state index is 11.8. The number of rotatable bonds is 6. The highest BCUT2D eigenvalue weighted by atomic mass is 16.5. The van der Waals surface area contributed by atoms with Crippen LogP contribution >= 0.6 is 0 Å². The van der Waals surface area contributed by atoms with Crippen LogP contribution in [0.3, 0.4) is 0 Å². The molecule has 1 aromatic rings. The van der Waals surface area contributed by atoms with Crippen molar-refractivity contribution in [2.75, 3.05) is 13.7 Å². The van der Waals surface area contributed by atoms with Gasteiger partial charge in [0.05, 0.1) is 7.11 Å². The lowest BCUT2D eigenvalue weighted by molar-refractivity contribution is -0.137. The summed E-state index contributed by atoms with van der Waals surface area (Å²) in [6.45, 7) is 2.05. The number of hydrogen-bond donors (Lipinski definition) is 2. The molecule has 0 aliphatic heterocycles. The molecule has 0 aromatic carbocycles. The van der Waals surface area contributed by atoms with Crippen molar-refractivity contribution >= 4 is 11.9 Å². The highest BCUT2D eigenvalue weighted by Crippen LogP contribution is 2.13. The first-order chi connectivity index (χ1) is 8.54. The summed E-state index contributed by atoms with van der Waals surface area (Å²) in [6.07, 6.45) is 1.55. The first-order valence-corrected chi connectivity index (χ1v) is 5.53. The summed E-state index contributed by atoms with van der Waals surface area (Å²) in [6, 6.07) is 3.24. The van der Waals surface area contributed by atoms with E-state index in [1.165, 1.54) is 13.3 Å². The summed E-state index contributed by atoms with van der Waals surface area (Å²) in [5.74, 6) is -1.08. The number of methoxy groups -OCH3 is 1. The van der Waals surface area contributed by atoms with E-state index < -0.39 is 5.97 Å². The Labute approximate surface area is 105 Å². The molecule has 0 fully saturated rings. The van der Waals surface area contributed by atoms with E-state index in [9.17, 15) is 9.59 Å². The molecule has 6 heteroatoms. The number of ether oxygens (including phenoxy) is 1. The van der Waals surface area contributed by atoms with Gasteiger partial charge in [0.15, 0.2) is 0 Å². The van der Waals surface area contributed by atoms with Crippen LogP contribution in [0.1, 0.15) is 23.7 Å². The molecule has 1 unspecified atom stereocenters. The monoisotopic (exact) mass is 252 g/mol. The number of hydrogen-bond acceptors (Lipinski definition) is 4. The largest absolute Gasteiger partial charge is 0.481 e. The minimum atomic E-state index is -0.879. The van der Waals surface area contributed by atoms with Crippen molar-refractivity contribution in [2.24, 2.45) is 5.92 Å². The normalized spacial score (nSPS) is 11.7. The molecule has 0 radical (unpaired) electrons. The van der Waals surface area contributed by atoms with Gasteiger partial charge in [-0.3, -0.25) is 9.59 Å². The van der Waals surface area contributed by atoms with Crippen LogP contribution in [0.2, 0.25) is 0 Å². The molecule has 6 nitrogen and oxygen atoms in total. The number of aromatic nitrogens is 1. The molecular weight excluding hydrogens is 236 g/mol. The van der Waals surface area contributed by atoms with E-state index in [1.54, 1.807) is 19.1 Å². The van der Waals surface area contributed by atoms with Crippen molar-refractivity contribution in [1.82, 2.24) is 10.3 Å². The van der Waals surface area contributed by atoms with Crippen LogP contribution < -0.4 is 10.1 Å². The summed E-state index contributed by atoms with van der Waals surface area (Å²) >= 11 is 0. The lowest BCUT2D eigenvalue weighted by Crippen LogP contribution is -2.29. The Morgan fingerprint density at radius 1 is 1.56 bits per heavy atom. The van der Waals surface area contributed by atoms with Crippen LogP contribution in [-0.2, 0) is 4.79 Å². The average Bonchev–Trinajstić information content (AvgIpc) is 2.35. The number of carboxylic acid groups (broad SMARTS) is 1. The molecule has 0 bridgehead atoms. The number of nitrogens with one attached hydrogen (secondary N) is 1. The van der Waals surface area contributed by atoms with Crippen molar-refractivity contribution < 1.29 is 19.4 Å². The van der Waals surface area contributed by atoms with E-state index >= 15 is 0 Å². The Bertz CT molecular complexity index is 434. The van der Waals surface area contributed by atoms with Crippen LogP contribution in [0.25, 0.3) is 0 Å². The number of aliphatic carboxylic acids is 1. The first-order valence-electron chi connectivity index (χ1n) is 5.53. The fraction of sp³-hybridized carbons (Fsp3) is 0.417. The van der Waals surface area contributed by atoms with Crippen LogP contribution in [0.15, 0.2) is 18.3 Å². The van der Waals surface area contributed by atoms with Crippen LogP contribution in [0.4, 0.5) is 0 Å². The van der Waals surface area contributed by atoms with Gasteiger partial charge >= 0.3 is 5.97 Å². The Hall–Kier alpha value is -2.11. The summed E-state index contributed by atoms with van der Waals surface area (Å²) in [7, 11) is 1.44. The zero-order valence-electron chi connectivity index (χ0n) is 10.3. The summed E-state index contributed by atoms with van der Waals surface area (Å²) < 4.78 is 4.97. The number of carbonyl (C=O) groups is 2. The van der Waals surface area contributed by atoms with Gasteiger partial charge in [0.25, 0.3) is 5.91 Å². The third-order valence-electron chi connectivity index (χ3n) is 2.34. The lowest BCUT2D eigenvalue weighted by Gasteiger charge is -2.11. The van der Waals surface area contributed by atoms with Crippen LogP contribution in [-0.4, -0.2) is 35.6 Å². The third kappa shape index (κ3) is 4.04. The number of carbonyl (C=O) groups excluding carboxylic acids is 1. The fourth-order valence-electron chi connectivity index (χ4n) is 1.46. The second-order valence-electron chi connectivity index (χ2n) is 3.97. The van der Waals surface area contributed by atoms with Crippen LogP contribution in [0.5, 0.6) is 5.88 Å². The minimum absolute atomic E-state index is 0.0183. The van der Waals surface area contributed by atoms with Gasteiger partial charge in [0.1, 0.15) is 5.56 Å². The Balaban J connectivity index is 2.57. The van der Waals surface area contributed by atoms with Gasteiger partial charge in [0, 0.05) is 19.2 Å². The zero-order valence-corrected chi connectivity index (χ0v) is 10.3. The molecule has 0 aliphatic carbocycles. The van der Waals surface area contributed by atoms with Gasteiger partial charge in [-0.2, -0.15) is 0 Å². The van der Waals surface area contributed by atoms with Crippen molar-refractivity contribution in [3.63, 3.8) is 0 Å². The topological polar surface area (TPSA) is 88.5 Å². The Kier molecular flexibility index (Phi) is 5.10. The van der Waals surface area contributed by atoms with Crippen molar-refractivity contribution in [1.29, 1.82) is 0 Å². The maximum atomic E-state index is 11.8. The summed E-state index contributed by atoms with van der Waals surface area (Å²) in [4.78, 5) is 26.2. The molecule has 1 atom stereocenters. The molecule has 18 heavy (non-hydrogen) atoms. The molecule has 0 saturated carbocycles. The van der Waals surface area contributed by atoms with Gasteiger partial charge in [0.2, 0.25) is 5.88 Å². The summed E-state index contributed by atoms with van der Waals surface area (Å²) in [5.41, 5.74) is 0.336. The van der Waals surface area contributed by atoms with E-state index in [0.29, 0.717) is 12.1 Å². The zero-order chi connectivity index (χ0) is 13.5. The third-order valence-corrected chi connectivity index (χ3v) is 2.34. The SMILES string of the molecule is COc1ncccc1C(=O)NCC(C)CC(=O)O.